The van der Waals surface area contributed by atoms with E-state index in [9.17, 15) is 13.2 Å². The van der Waals surface area contributed by atoms with Gasteiger partial charge in [0, 0.05) is 26.8 Å². The number of nitrogens with zero attached hydrogens (tertiary/aromatic N) is 1. The molecule has 0 spiro atoms. The summed E-state index contributed by atoms with van der Waals surface area (Å²) in [5.74, 6) is 1.32. The van der Waals surface area contributed by atoms with Crippen LogP contribution >= 0.6 is 0 Å². The third kappa shape index (κ3) is 4.44. The molecule has 2 heterocycles. The van der Waals surface area contributed by atoms with E-state index in [0.717, 1.165) is 42.4 Å². The number of benzene rings is 3. The van der Waals surface area contributed by atoms with Crippen molar-refractivity contribution in [2.45, 2.75) is 42.0 Å². The molecule has 2 fully saturated rings. The lowest BCUT2D eigenvalue weighted by molar-refractivity contribution is -0.118. The molecule has 1 aliphatic carbocycles. The summed E-state index contributed by atoms with van der Waals surface area (Å²) in [5.41, 5.74) is 2.81. The first-order valence-electron chi connectivity index (χ1n) is 12.8. The molecule has 1 atom stereocenters. The standard InChI is InChI=1S/C29H30N2O6S.H2/c1-35-18-24-6-3-15-31(24)38(33,34)25-10-7-20(8-11-25)21-4-2-5-23(16-21)30-28(32)29(13-14-29)22-9-12-26-27(17-22)37-19-36-26;/h2,4-5,7-12,16-17,24H,3,6,13-15,18-19H2,1H3,(H,30,32);1H/t24-;/m0./s1. The first-order valence-corrected chi connectivity index (χ1v) is 14.3. The fraction of sp³-hybridized carbons (Fsp3) is 0.345. The van der Waals surface area contributed by atoms with Crippen LogP contribution in [-0.2, 0) is 25.0 Å². The van der Waals surface area contributed by atoms with Crippen LogP contribution in [0.25, 0.3) is 11.1 Å². The second-order valence-corrected chi connectivity index (χ2v) is 12.0. The first-order chi connectivity index (χ1) is 18.4. The third-order valence-corrected chi connectivity index (χ3v) is 9.67. The van der Waals surface area contributed by atoms with E-state index in [2.05, 4.69) is 5.32 Å². The predicted molar refractivity (Wildman–Crippen MR) is 145 cm³/mol. The molecule has 0 aromatic heterocycles. The fourth-order valence-electron chi connectivity index (χ4n) is 5.43. The maximum atomic E-state index is 13.3. The Kier molecular flexibility index (Phi) is 6.37. The van der Waals surface area contributed by atoms with Crippen molar-refractivity contribution in [3.05, 3.63) is 72.3 Å². The van der Waals surface area contributed by atoms with E-state index in [-0.39, 0.29) is 25.1 Å². The van der Waals surface area contributed by atoms with E-state index in [4.69, 9.17) is 14.2 Å². The molecular formula is C29H32N2O6S. The summed E-state index contributed by atoms with van der Waals surface area (Å²) in [5, 5.41) is 3.09. The van der Waals surface area contributed by atoms with Gasteiger partial charge < -0.3 is 19.5 Å². The zero-order valence-corrected chi connectivity index (χ0v) is 22.0. The summed E-state index contributed by atoms with van der Waals surface area (Å²) in [7, 11) is -2.00. The molecule has 2 aliphatic heterocycles. The lowest BCUT2D eigenvalue weighted by atomic mass is 9.94. The normalized spacial score (nSPS) is 19.9. The minimum Gasteiger partial charge on any atom is -0.454 e. The van der Waals surface area contributed by atoms with Crippen molar-refractivity contribution in [1.29, 1.82) is 0 Å². The second-order valence-electron chi connectivity index (χ2n) is 10.1. The van der Waals surface area contributed by atoms with Gasteiger partial charge in [0.25, 0.3) is 0 Å². The monoisotopic (exact) mass is 536 g/mol. The van der Waals surface area contributed by atoms with Crippen LogP contribution in [0.4, 0.5) is 5.69 Å². The number of anilines is 1. The number of carbonyl (C=O) groups is 1. The molecule has 8 nitrogen and oxygen atoms in total. The Hall–Kier alpha value is -3.40. The summed E-state index contributed by atoms with van der Waals surface area (Å²) in [6.45, 7) is 1.10. The van der Waals surface area contributed by atoms with E-state index in [1.165, 1.54) is 0 Å². The van der Waals surface area contributed by atoms with Gasteiger partial charge in [-0.05, 0) is 78.8 Å². The van der Waals surface area contributed by atoms with Gasteiger partial charge in [-0.1, -0.05) is 30.3 Å². The minimum atomic E-state index is -3.59. The van der Waals surface area contributed by atoms with Gasteiger partial charge in [0.2, 0.25) is 22.7 Å². The van der Waals surface area contributed by atoms with Crippen molar-refractivity contribution in [3.8, 4) is 22.6 Å². The van der Waals surface area contributed by atoms with Gasteiger partial charge in [-0.2, -0.15) is 4.31 Å². The number of methoxy groups -OCH3 is 1. The van der Waals surface area contributed by atoms with Crippen molar-refractivity contribution in [3.63, 3.8) is 0 Å². The third-order valence-electron chi connectivity index (χ3n) is 7.71. The van der Waals surface area contributed by atoms with Crippen LogP contribution < -0.4 is 14.8 Å². The zero-order valence-electron chi connectivity index (χ0n) is 21.2. The molecule has 3 aromatic carbocycles. The number of fused-ring (bicyclic) bond motifs is 1. The average Bonchev–Trinajstić information content (AvgIpc) is 3.37. The molecule has 1 saturated heterocycles. The topological polar surface area (TPSA) is 94.2 Å². The molecule has 0 bridgehead atoms. The number of rotatable bonds is 8. The molecule has 0 radical (unpaired) electrons. The van der Waals surface area contributed by atoms with Crippen molar-refractivity contribution in [2.75, 3.05) is 32.4 Å². The van der Waals surface area contributed by atoms with Gasteiger partial charge in [0.1, 0.15) is 0 Å². The molecule has 1 saturated carbocycles. The number of nitrogens with one attached hydrogen (secondary N) is 1. The van der Waals surface area contributed by atoms with Gasteiger partial charge in [-0.25, -0.2) is 8.42 Å². The van der Waals surface area contributed by atoms with Crippen molar-refractivity contribution in [1.82, 2.24) is 4.31 Å². The molecular weight excluding hydrogens is 504 g/mol. The van der Waals surface area contributed by atoms with Gasteiger partial charge in [0.15, 0.2) is 11.5 Å². The summed E-state index contributed by atoms with van der Waals surface area (Å²) in [6, 6.07) is 20.1. The molecule has 0 unspecified atom stereocenters. The van der Waals surface area contributed by atoms with Gasteiger partial charge >= 0.3 is 0 Å². The fourth-order valence-corrected chi connectivity index (χ4v) is 7.11. The lowest BCUT2D eigenvalue weighted by Gasteiger charge is -2.23. The largest absolute Gasteiger partial charge is 0.454 e. The Bertz CT molecular complexity index is 1470. The number of amides is 1. The summed E-state index contributed by atoms with van der Waals surface area (Å²) < 4.78 is 44.1. The smallest absolute Gasteiger partial charge is 0.243 e. The SMILES string of the molecule is COC[C@@H]1CCCN1S(=O)(=O)c1ccc(-c2cccc(NC(=O)C3(c4ccc5c(c4)OCO5)CC3)c2)cc1.[HH]. The summed E-state index contributed by atoms with van der Waals surface area (Å²) in [4.78, 5) is 13.6. The number of hydrogen-bond acceptors (Lipinski definition) is 6. The number of ether oxygens (including phenoxy) is 3. The van der Waals surface area contributed by atoms with E-state index in [0.29, 0.717) is 30.3 Å². The highest BCUT2D eigenvalue weighted by Gasteiger charge is 2.51. The summed E-state index contributed by atoms with van der Waals surface area (Å²) in [6.07, 6.45) is 3.19. The molecule has 3 aromatic rings. The average molecular weight is 537 g/mol. The number of hydrogen-bond donors (Lipinski definition) is 1. The highest BCUT2D eigenvalue weighted by Crippen LogP contribution is 2.51. The molecule has 1 amide bonds. The van der Waals surface area contributed by atoms with Crippen LogP contribution in [-0.4, -0.2) is 51.7 Å². The zero-order chi connectivity index (χ0) is 26.3. The van der Waals surface area contributed by atoms with E-state index in [1.54, 1.807) is 23.5 Å². The Balaban J connectivity index is 0.00000308. The lowest BCUT2D eigenvalue weighted by Crippen LogP contribution is -2.38. The second kappa shape index (κ2) is 9.72. The quantitative estimate of drug-likeness (QED) is 0.445. The van der Waals surface area contributed by atoms with Crippen molar-refractivity contribution >= 4 is 21.6 Å². The maximum absolute atomic E-state index is 13.3. The van der Waals surface area contributed by atoms with E-state index < -0.39 is 15.4 Å². The van der Waals surface area contributed by atoms with Crippen LogP contribution in [0.1, 0.15) is 32.7 Å². The van der Waals surface area contributed by atoms with Crippen LogP contribution in [0.5, 0.6) is 11.5 Å². The number of sulfonamides is 1. The van der Waals surface area contributed by atoms with E-state index >= 15 is 0 Å². The minimum absolute atomic E-state index is 0. The Morgan fingerprint density at radius 2 is 1.84 bits per heavy atom. The Morgan fingerprint density at radius 3 is 2.61 bits per heavy atom. The van der Waals surface area contributed by atoms with Gasteiger partial charge in [0.05, 0.1) is 16.9 Å². The summed E-state index contributed by atoms with van der Waals surface area (Å²) >= 11 is 0. The highest BCUT2D eigenvalue weighted by molar-refractivity contribution is 7.89. The molecule has 6 rings (SSSR count). The molecule has 200 valence electrons. The number of carbonyl (C=O) groups excluding carboxylic acids is 1. The van der Waals surface area contributed by atoms with Crippen LogP contribution in [0, 0.1) is 0 Å². The van der Waals surface area contributed by atoms with Crippen molar-refractivity contribution in [2.24, 2.45) is 0 Å². The molecule has 38 heavy (non-hydrogen) atoms. The Morgan fingerprint density at radius 1 is 1.05 bits per heavy atom. The highest BCUT2D eigenvalue weighted by atomic mass is 32.2. The van der Waals surface area contributed by atoms with Crippen LogP contribution in [0.3, 0.4) is 0 Å². The molecule has 3 aliphatic rings. The van der Waals surface area contributed by atoms with Crippen LogP contribution in [0.2, 0.25) is 0 Å². The van der Waals surface area contributed by atoms with Gasteiger partial charge in [-0.3, -0.25) is 4.79 Å². The van der Waals surface area contributed by atoms with E-state index in [1.807, 2.05) is 54.6 Å². The van der Waals surface area contributed by atoms with Crippen LogP contribution in [0.15, 0.2) is 71.6 Å². The maximum Gasteiger partial charge on any atom is 0.243 e. The van der Waals surface area contributed by atoms with Gasteiger partial charge in [-0.15, -0.1) is 0 Å². The Labute approximate surface area is 224 Å². The van der Waals surface area contributed by atoms with Crippen molar-refractivity contribution < 1.29 is 28.8 Å². The predicted octanol–water partition coefficient (Wildman–Crippen LogP) is 4.80. The molecule has 9 heteroatoms. The first kappa shape index (κ1) is 24.9. The molecule has 1 N–H and O–H groups in total.